The summed E-state index contributed by atoms with van der Waals surface area (Å²) in [6, 6.07) is 6.64. The minimum absolute atomic E-state index is 0.218. The van der Waals surface area contributed by atoms with Gasteiger partial charge in [-0.3, -0.25) is 0 Å². The second-order valence-electron chi connectivity index (χ2n) is 5.62. The number of benzene rings is 1. The smallest absolute Gasteiger partial charge is 0.335 e. The van der Waals surface area contributed by atoms with Gasteiger partial charge in [0.05, 0.1) is 12.2 Å². The van der Waals surface area contributed by atoms with E-state index in [4.69, 9.17) is 9.84 Å². The summed E-state index contributed by atoms with van der Waals surface area (Å²) in [7, 11) is 0. The van der Waals surface area contributed by atoms with Crippen LogP contribution >= 0.6 is 0 Å². The van der Waals surface area contributed by atoms with Crippen LogP contribution in [0.5, 0.6) is 5.88 Å². The van der Waals surface area contributed by atoms with E-state index in [1.165, 1.54) is 0 Å². The highest BCUT2D eigenvalue weighted by Crippen LogP contribution is 2.26. The van der Waals surface area contributed by atoms with Gasteiger partial charge in [-0.15, -0.1) is 0 Å². The molecule has 1 saturated heterocycles. The third-order valence-electron chi connectivity index (χ3n) is 3.90. The van der Waals surface area contributed by atoms with E-state index in [2.05, 4.69) is 15.3 Å². The molecule has 120 valence electrons. The van der Waals surface area contributed by atoms with Crippen LogP contribution in [0, 0.1) is 5.92 Å². The molecular weight excluding hydrogens is 294 g/mol. The number of hydrogen-bond donors (Lipinski definition) is 2. The lowest BCUT2D eigenvalue weighted by Gasteiger charge is -2.22. The molecule has 0 saturated carbocycles. The highest BCUT2D eigenvalue weighted by Gasteiger charge is 2.16. The third-order valence-corrected chi connectivity index (χ3v) is 3.90. The summed E-state index contributed by atoms with van der Waals surface area (Å²) in [6.07, 6.45) is 5.45. The van der Waals surface area contributed by atoms with E-state index in [1.807, 2.05) is 6.07 Å². The van der Waals surface area contributed by atoms with E-state index in [-0.39, 0.29) is 5.56 Å². The Morgan fingerprint density at radius 3 is 3.00 bits per heavy atom. The molecule has 2 heterocycles. The van der Waals surface area contributed by atoms with Crippen molar-refractivity contribution in [2.45, 2.75) is 12.8 Å². The maximum Gasteiger partial charge on any atom is 0.335 e. The van der Waals surface area contributed by atoms with Gasteiger partial charge in [0.25, 0.3) is 0 Å². The summed E-state index contributed by atoms with van der Waals surface area (Å²) in [4.78, 5) is 19.7. The first kappa shape index (κ1) is 15.4. The van der Waals surface area contributed by atoms with Gasteiger partial charge >= 0.3 is 5.97 Å². The van der Waals surface area contributed by atoms with Crippen LogP contribution in [0.25, 0.3) is 11.3 Å². The first-order valence-corrected chi connectivity index (χ1v) is 7.72. The molecule has 0 radical (unpaired) electrons. The number of aromatic carboxylic acids is 1. The highest BCUT2D eigenvalue weighted by atomic mass is 16.5. The molecule has 0 aliphatic carbocycles. The van der Waals surface area contributed by atoms with Crippen molar-refractivity contribution in [1.29, 1.82) is 0 Å². The van der Waals surface area contributed by atoms with Crippen LogP contribution in [0.15, 0.2) is 36.7 Å². The zero-order valence-corrected chi connectivity index (χ0v) is 12.7. The number of rotatable bonds is 5. The molecule has 2 aromatic rings. The second-order valence-corrected chi connectivity index (χ2v) is 5.62. The van der Waals surface area contributed by atoms with Crippen LogP contribution in [0.1, 0.15) is 23.2 Å². The average molecular weight is 313 g/mol. The Bertz CT molecular complexity index is 684. The lowest BCUT2D eigenvalue weighted by Crippen LogP contribution is -2.33. The van der Waals surface area contributed by atoms with Gasteiger partial charge in [-0.05, 0) is 31.5 Å². The number of nitrogens with one attached hydrogen (secondary N) is 1. The molecule has 6 heteroatoms. The number of carboxylic acid groups (broad SMARTS) is 1. The summed E-state index contributed by atoms with van der Waals surface area (Å²) in [5.41, 5.74) is 1.48. The normalized spacial score (nSPS) is 17.7. The summed E-state index contributed by atoms with van der Waals surface area (Å²) >= 11 is 0. The van der Waals surface area contributed by atoms with E-state index in [1.54, 1.807) is 30.6 Å². The fourth-order valence-corrected chi connectivity index (χ4v) is 2.69. The zero-order valence-electron chi connectivity index (χ0n) is 12.7. The van der Waals surface area contributed by atoms with Crippen molar-refractivity contribution in [3.05, 3.63) is 42.2 Å². The Balaban J connectivity index is 1.80. The molecule has 3 rings (SSSR count). The van der Waals surface area contributed by atoms with Gasteiger partial charge in [-0.1, -0.05) is 12.1 Å². The molecule has 0 spiro atoms. The van der Waals surface area contributed by atoms with Gasteiger partial charge < -0.3 is 15.2 Å². The molecule has 2 N–H and O–H groups in total. The third kappa shape index (κ3) is 3.84. The quantitative estimate of drug-likeness (QED) is 0.880. The lowest BCUT2D eigenvalue weighted by atomic mass is 10.0. The van der Waals surface area contributed by atoms with Crippen LogP contribution in [-0.2, 0) is 0 Å². The SMILES string of the molecule is O=C(O)c1cccc(-c2nccnc2OCC2CCCNC2)c1. The Hall–Kier alpha value is -2.47. The number of ether oxygens (including phenoxy) is 1. The maximum absolute atomic E-state index is 11.1. The second kappa shape index (κ2) is 7.19. The number of hydrogen-bond acceptors (Lipinski definition) is 5. The first-order valence-electron chi connectivity index (χ1n) is 7.72. The monoisotopic (exact) mass is 313 g/mol. The van der Waals surface area contributed by atoms with E-state index in [0.717, 1.165) is 25.9 Å². The highest BCUT2D eigenvalue weighted by molar-refractivity contribution is 5.89. The van der Waals surface area contributed by atoms with Crippen molar-refractivity contribution in [2.75, 3.05) is 19.7 Å². The molecule has 1 aliphatic heterocycles. The van der Waals surface area contributed by atoms with Gasteiger partial charge in [0.15, 0.2) is 0 Å². The predicted octanol–water partition coefficient (Wildman–Crippen LogP) is 2.22. The van der Waals surface area contributed by atoms with Crippen molar-refractivity contribution in [2.24, 2.45) is 5.92 Å². The summed E-state index contributed by atoms with van der Waals surface area (Å²) in [5, 5.41) is 12.5. The molecule has 1 unspecified atom stereocenters. The number of piperidine rings is 1. The molecule has 1 atom stereocenters. The van der Waals surface area contributed by atoms with Gasteiger partial charge in [-0.25, -0.2) is 14.8 Å². The summed E-state index contributed by atoms with van der Waals surface area (Å²) < 4.78 is 5.87. The van der Waals surface area contributed by atoms with Crippen molar-refractivity contribution in [1.82, 2.24) is 15.3 Å². The molecule has 0 bridgehead atoms. The Kier molecular flexibility index (Phi) is 4.83. The summed E-state index contributed by atoms with van der Waals surface area (Å²) in [6.45, 7) is 2.59. The van der Waals surface area contributed by atoms with Crippen LogP contribution < -0.4 is 10.1 Å². The van der Waals surface area contributed by atoms with Crippen molar-refractivity contribution < 1.29 is 14.6 Å². The molecule has 0 amide bonds. The minimum atomic E-state index is -0.966. The van der Waals surface area contributed by atoms with Gasteiger partial charge in [0, 0.05) is 30.4 Å². The minimum Gasteiger partial charge on any atom is -0.478 e. The molecular formula is C17H19N3O3. The van der Waals surface area contributed by atoms with E-state index in [0.29, 0.717) is 29.7 Å². The fraction of sp³-hybridized carbons (Fsp3) is 0.353. The number of carbonyl (C=O) groups is 1. The first-order chi connectivity index (χ1) is 11.2. The Morgan fingerprint density at radius 1 is 1.35 bits per heavy atom. The predicted molar refractivity (Wildman–Crippen MR) is 85.5 cm³/mol. The standard InChI is InChI=1S/C17H19N3O3/c21-17(22)14-5-1-4-13(9-14)15-16(20-8-7-19-15)23-11-12-3-2-6-18-10-12/h1,4-5,7-9,12,18H,2-3,6,10-11H2,(H,21,22). The Labute approximate surface area is 134 Å². The van der Waals surface area contributed by atoms with Crippen LogP contribution in [0.2, 0.25) is 0 Å². The van der Waals surface area contributed by atoms with Crippen molar-refractivity contribution >= 4 is 5.97 Å². The molecule has 23 heavy (non-hydrogen) atoms. The number of carboxylic acids is 1. The van der Waals surface area contributed by atoms with Crippen molar-refractivity contribution in [3.8, 4) is 17.1 Å². The van der Waals surface area contributed by atoms with Gasteiger partial charge in [0.2, 0.25) is 5.88 Å². The van der Waals surface area contributed by atoms with Crippen LogP contribution in [0.3, 0.4) is 0 Å². The van der Waals surface area contributed by atoms with Gasteiger partial charge in [-0.2, -0.15) is 0 Å². The lowest BCUT2D eigenvalue weighted by molar-refractivity contribution is 0.0697. The number of nitrogens with zero attached hydrogens (tertiary/aromatic N) is 2. The van der Waals surface area contributed by atoms with Gasteiger partial charge in [0.1, 0.15) is 5.69 Å². The molecule has 1 fully saturated rings. The number of aromatic nitrogens is 2. The average Bonchev–Trinajstić information content (AvgIpc) is 2.61. The van der Waals surface area contributed by atoms with Crippen LogP contribution in [0.4, 0.5) is 0 Å². The largest absolute Gasteiger partial charge is 0.478 e. The molecule has 1 aromatic heterocycles. The Morgan fingerprint density at radius 2 is 2.22 bits per heavy atom. The van der Waals surface area contributed by atoms with E-state index >= 15 is 0 Å². The van der Waals surface area contributed by atoms with E-state index in [9.17, 15) is 4.79 Å². The van der Waals surface area contributed by atoms with Crippen LogP contribution in [-0.4, -0.2) is 40.7 Å². The zero-order chi connectivity index (χ0) is 16.1. The molecule has 6 nitrogen and oxygen atoms in total. The molecule has 1 aliphatic rings. The fourth-order valence-electron chi connectivity index (χ4n) is 2.69. The molecule has 1 aromatic carbocycles. The van der Waals surface area contributed by atoms with E-state index < -0.39 is 5.97 Å². The summed E-state index contributed by atoms with van der Waals surface area (Å²) in [5.74, 6) is -0.0592. The maximum atomic E-state index is 11.1. The topological polar surface area (TPSA) is 84.3 Å². The van der Waals surface area contributed by atoms with Crippen molar-refractivity contribution in [3.63, 3.8) is 0 Å².